The number of aliphatic hydroxyl groups is 1. The summed E-state index contributed by atoms with van der Waals surface area (Å²) in [6.07, 6.45) is 4.42. The molecule has 0 amide bonds. The van der Waals surface area contributed by atoms with Crippen LogP contribution in [0.4, 0.5) is 0 Å². The molecule has 2 aromatic rings. The first-order chi connectivity index (χ1) is 11.2. The van der Waals surface area contributed by atoms with Crippen LogP contribution in [0, 0.1) is 0 Å². The van der Waals surface area contributed by atoms with E-state index in [0.717, 1.165) is 19.3 Å². The van der Waals surface area contributed by atoms with E-state index >= 15 is 0 Å². The van der Waals surface area contributed by atoms with Gasteiger partial charge in [-0.15, -0.1) is 0 Å². The molecule has 1 aromatic heterocycles. The molecule has 1 aliphatic carbocycles. The fraction of sp³-hybridized carbons (Fsp3) is 0.211. The molecule has 0 saturated carbocycles. The molecule has 1 N–H and O–H groups in total. The second-order valence-corrected chi connectivity index (χ2v) is 5.58. The summed E-state index contributed by atoms with van der Waals surface area (Å²) < 4.78 is 0. The lowest BCUT2D eigenvalue weighted by Gasteiger charge is -2.16. The summed E-state index contributed by atoms with van der Waals surface area (Å²) in [5.41, 5.74) is 1.83. The lowest BCUT2D eigenvalue weighted by molar-refractivity contribution is -0.112. The van der Waals surface area contributed by atoms with E-state index in [2.05, 4.69) is 17.1 Å². The Bertz CT molecular complexity index is 778. The van der Waals surface area contributed by atoms with Crippen molar-refractivity contribution in [3.05, 3.63) is 71.1 Å². The van der Waals surface area contributed by atoms with Crippen molar-refractivity contribution in [1.29, 1.82) is 0 Å². The Morgan fingerprint density at radius 2 is 1.61 bits per heavy atom. The van der Waals surface area contributed by atoms with Gasteiger partial charge in [-0.2, -0.15) is 0 Å². The molecule has 0 saturated heterocycles. The molecule has 4 heteroatoms. The highest BCUT2D eigenvalue weighted by molar-refractivity contribution is 6.52. The normalized spacial score (nSPS) is 14.1. The Labute approximate surface area is 134 Å². The van der Waals surface area contributed by atoms with Gasteiger partial charge in [-0.25, -0.2) is 0 Å². The number of carbonyl (C=O) groups is 2. The molecule has 4 nitrogen and oxygen atoms in total. The Balaban J connectivity index is 1.70. The number of nitrogens with zero attached hydrogens (tertiary/aromatic N) is 1. The minimum Gasteiger partial charge on any atom is -0.505 e. The van der Waals surface area contributed by atoms with Gasteiger partial charge in [0.05, 0.1) is 5.56 Å². The molecule has 3 rings (SSSR count). The van der Waals surface area contributed by atoms with E-state index in [4.69, 9.17) is 0 Å². The molecule has 0 aliphatic heterocycles. The van der Waals surface area contributed by atoms with E-state index in [1.54, 1.807) is 6.07 Å². The van der Waals surface area contributed by atoms with Gasteiger partial charge in [-0.1, -0.05) is 30.3 Å². The molecular weight excluding hydrogens is 290 g/mol. The maximum absolute atomic E-state index is 12.2. The number of ketones is 2. The van der Waals surface area contributed by atoms with Gasteiger partial charge in [0.15, 0.2) is 0 Å². The van der Waals surface area contributed by atoms with Crippen LogP contribution in [0.2, 0.25) is 0 Å². The maximum Gasteiger partial charge on any atom is 0.235 e. The van der Waals surface area contributed by atoms with Crippen LogP contribution in [-0.2, 0) is 11.2 Å². The second-order valence-electron chi connectivity index (χ2n) is 5.58. The van der Waals surface area contributed by atoms with Gasteiger partial charge >= 0.3 is 0 Å². The number of rotatable bonds is 5. The number of allylic oxidation sites excluding steroid dienone is 1. The van der Waals surface area contributed by atoms with Gasteiger partial charge in [0.2, 0.25) is 11.6 Å². The average Bonchev–Trinajstić information content (AvgIpc) is 2.60. The van der Waals surface area contributed by atoms with Crippen LogP contribution >= 0.6 is 0 Å². The summed E-state index contributed by atoms with van der Waals surface area (Å²) in [6, 6.07) is 13.2. The van der Waals surface area contributed by atoms with Crippen LogP contribution in [0.15, 0.2) is 54.2 Å². The Kier molecular flexibility index (Phi) is 4.33. The number of aromatic nitrogens is 1. The highest BCUT2D eigenvalue weighted by atomic mass is 16.3. The van der Waals surface area contributed by atoms with Gasteiger partial charge in [-0.05, 0) is 43.4 Å². The Morgan fingerprint density at radius 1 is 0.870 bits per heavy atom. The molecule has 0 atom stereocenters. The van der Waals surface area contributed by atoms with Crippen molar-refractivity contribution in [1.82, 2.24) is 4.98 Å². The average molecular weight is 307 g/mol. The first kappa shape index (κ1) is 15.2. The Hall–Kier alpha value is -2.75. The largest absolute Gasteiger partial charge is 0.505 e. The van der Waals surface area contributed by atoms with Gasteiger partial charge in [-0.3, -0.25) is 14.6 Å². The molecule has 1 aromatic carbocycles. The van der Waals surface area contributed by atoms with Gasteiger partial charge in [0, 0.05) is 11.8 Å². The number of Topliss-reactive ketones (excluding diaryl/α,β-unsaturated/α-hetero) is 2. The highest BCUT2D eigenvalue weighted by Crippen LogP contribution is 2.28. The van der Waals surface area contributed by atoms with E-state index in [1.165, 1.54) is 17.8 Å². The van der Waals surface area contributed by atoms with Crippen LogP contribution in [0.25, 0.3) is 5.76 Å². The molecule has 116 valence electrons. The van der Waals surface area contributed by atoms with E-state index in [9.17, 15) is 14.7 Å². The third kappa shape index (κ3) is 3.06. The number of benzene rings is 1. The van der Waals surface area contributed by atoms with Crippen molar-refractivity contribution in [2.24, 2.45) is 0 Å². The van der Waals surface area contributed by atoms with Crippen LogP contribution < -0.4 is 0 Å². The number of hydrogen-bond donors (Lipinski definition) is 1. The van der Waals surface area contributed by atoms with Crippen molar-refractivity contribution >= 4 is 17.3 Å². The number of carbonyl (C=O) groups excluding carboxylic acids is 2. The van der Waals surface area contributed by atoms with Crippen LogP contribution in [0.3, 0.4) is 0 Å². The van der Waals surface area contributed by atoms with Gasteiger partial charge in [0.25, 0.3) is 0 Å². The monoisotopic (exact) mass is 307 g/mol. The molecule has 0 unspecified atom stereocenters. The van der Waals surface area contributed by atoms with Crippen LogP contribution in [0.1, 0.15) is 40.9 Å². The zero-order valence-corrected chi connectivity index (χ0v) is 12.7. The van der Waals surface area contributed by atoms with Crippen LogP contribution in [0.5, 0.6) is 0 Å². The molecular formula is C19H17NO3. The lowest BCUT2D eigenvalue weighted by atomic mass is 9.89. The fourth-order valence-electron chi connectivity index (χ4n) is 2.79. The number of aliphatic hydroxyl groups excluding tert-OH is 1. The summed E-state index contributed by atoms with van der Waals surface area (Å²) in [5.74, 6) is -1.34. The van der Waals surface area contributed by atoms with Gasteiger partial charge < -0.3 is 5.11 Å². The summed E-state index contributed by atoms with van der Waals surface area (Å²) in [4.78, 5) is 28.3. The predicted octanol–water partition coefficient (Wildman–Crippen LogP) is 3.53. The summed E-state index contributed by atoms with van der Waals surface area (Å²) in [7, 11) is 0. The number of aryl methyl sites for hydroxylation is 1. The third-order valence-corrected chi connectivity index (χ3v) is 4.03. The fourth-order valence-corrected chi connectivity index (χ4v) is 2.79. The van der Waals surface area contributed by atoms with Crippen molar-refractivity contribution in [3.63, 3.8) is 0 Å². The SMILES string of the molecule is O=C1C(=O)c2cccnc2C(O)=C1CCCCc1ccccc1. The molecule has 0 spiro atoms. The molecule has 0 radical (unpaired) electrons. The predicted molar refractivity (Wildman–Crippen MR) is 87.1 cm³/mol. The maximum atomic E-state index is 12.2. The second kappa shape index (κ2) is 6.57. The van der Waals surface area contributed by atoms with E-state index < -0.39 is 11.6 Å². The van der Waals surface area contributed by atoms with E-state index in [1.807, 2.05) is 18.2 Å². The van der Waals surface area contributed by atoms with Crippen molar-refractivity contribution in [2.45, 2.75) is 25.7 Å². The summed E-state index contributed by atoms with van der Waals surface area (Å²) in [6.45, 7) is 0. The molecule has 1 heterocycles. The minimum absolute atomic E-state index is 0.148. The first-order valence-electron chi connectivity index (χ1n) is 7.69. The molecule has 23 heavy (non-hydrogen) atoms. The molecule has 0 bridgehead atoms. The zero-order chi connectivity index (χ0) is 16.2. The standard InChI is InChI=1S/C19H17NO3/c21-17-15(10-5-4-9-13-7-2-1-3-8-13)19(23)18(22)14-11-6-12-20-16(14)17/h1-3,6-8,11-12,21H,4-5,9-10H2. The number of fused-ring (bicyclic) bond motifs is 1. The summed E-state index contributed by atoms with van der Waals surface area (Å²) >= 11 is 0. The molecule has 1 aliphatic rings. The molecule has 0 fully saturated rings. The topological polar surface area (TPSA) is 67.3 Å². The lowest BCUT2D eigenvalue weighted by Crippen LogP contribution is -2.24. The van der Waals surface area contributed by atoms with Crippen molar-refractivity contribution in [3.8, 4) is 0 Å². The van der Waals surface area contributed by atoms with Gasteiger partial charge in [0.1, 0.15) is 11.5 Å². The smallest absolute Gasteiger partial charge is 0.235 e. The van der Waals surface area contributed by atoms with Crippen molar-refractivity contribution in [2.75, 3.05) is 0 Å². The van der Waals surface area contributed by atoms with E-state index in [0.29, 0.717) is 6.42 Å². The first-order valence-corrected chi connectivity index (χ1v) is 7.69. The number of pyridine rings is 1. The quantitative estimate of drug-likeness (QED) is 0.678. The third-order valence-electron chi connectivity index (χ3n) is 4.03. The zero-order valence-electron chi connectivity index (χ0n) is 12.7. The Morgan fingerprint density at radius 3 is 2.39 bits per heavy atom. The number of unbranched alkanes of at least 4 members (excludes halogenated alkanes) is 1. The minimum atomic E-state index is -0.609. The highest BCUT2D eigenvalue weighted by Gasteiger charge is 2.32. The van der Waals surface area contributed by atoms with Crippen molar-refractivity contribution < 1.29 is 14.7 Å². The van der Waals surface area contributed by atoms with Crippen LogP contribution in [-0.4, -0.2) is 21.7 Å². The summed E-state index contributed by atoms with van der Waals surface area (Å²) in [5, 5.41) is 10.3. The van der Waals surface area contributed by atoms with E-state index in [-0.39, 0.29) is 22.6 Å². The number of hydrogen-bond acceptors (Lipinski definition) is 4.